The molecule has 0 spiro atoms. The van der Waals surface area contributed by atoms with Gasteiger partial charge in [0, 0.05) is 10.7 Å². The van der Waals surface area contributed by atoms with Gasteiger partial charge in [0.15, 0.2) is 0 Å². The molecular weight excluding hydrogens is 288 g/mol. The van der Waals surface area contributed by atoms with Gasteiger partial charge in [-0.2, -0.15) is 0 Å². The zero-order valence-electron chi connectivity index (χ0n) is 6.24. The minimum absolute atomic E-state index is 0.0105. The molecule has 0 N–H and O–H groups in total. The van der Waals surface area contributed by atoms with E-state index in [1.807, 2.05) is 0 Å². The van der Waals surface area contributed by atoms with Crippen molar-refractivity contribution in [2.24, 2.45) is 17.8 Å². The van der Waals surface area contributed by atoms with Gasteiger partial charge in [-0.3, -0.25) is 4.79 Å². The van der Waals surface area contributed by atoms with E-state index in [4.69, 9.17) is 4.74 Å². The van der Waals surface area contributed by atoms with Crippen molar-refractivity contribution in [3.63, 3.8) is 0 Å². The Morgan fingerprint density at radius 3 is 2.67 bits per heavy atom. The number of ether oxygens (including phenoxy) is 1. The zero-order valence-corrected chi connectivity index (χ0v) is 9.42. The van der Waals surface area contributed by atoms with E-state index in [0.29, 0.717) is 21.5 Å². The second-order valence-corrected chi connectivity index (χ2v) is 5.99. The van der Waals surface area contributed by atoms with Crippen LogP contribution in [0.3, 0.4) is 0 Å². The summed E-state index contributed by atoms with van der Waals surface area (Å²) in [5.41, 5.74) is 0. The molecule has 6 atom stereocenters. The van der Waals surface area contributed by atoms with Crippen molar-refractivity contribution in [3.05, 3.63) is 0 Å². The van der Waals surface area contributed by atoms with Crippen LogP contribution in [0.4, 0.5) is 0 Å². The average molecular weight is 296 g/mol. The third kappa shape index (κ3) is 0.699. The smallest absolute Gasteiger partial charge is 0.310 e. The second-order valence-electron chi connectivity index (χ2n) is 3.88. The SMILES string of the molecule is O=C1O[C@@H]2[C@@H](Br)[C@H]3C[C@@H]2[C@@H]1[C@@H]3Br. The molecule has 2 aliphatic carbocycles. The number of hydrogen-bond donors (Lipinski definition) is 0. The van der Waals surface area contributed by atoms with Gasteiger partial charge in [-0.15, -0.1) is 0 Å². The molecule has 0 aromatic rings. The van der Waals surface area contributed by atoms with Crippen LogP contribution in [0.1, 0.15) is 6.42 Å². The molecule has 2 nitrogen and oxygen atoms in total. The van der Waals surface area contributed by atoms with Crippen LogP contribution in [0.15, 0.2) is 0 Å². The van der Waals surface area contributed by atoms with Crippen molar-refractivity contribution in [3.8, 4) is 0 Å². The van der Waals surface area contributed by atoms with E-state index in [2.05, 4.69) is 31.9 Å². The first-order valence-corrected chi connectivity index (χ1v) is 6.02. The molecule has 12 heavy (non-hydrogen) atoms. The second kappa shape index (κ2) is 2.27. The maximum Gasteiger partial charge on any atom is 0.310 e. The third-order valence-electron chi connectivity index (χ3n) is 3.43. The molecular formula is C8H8Br2O2. The first kappa shape index (κ1) is 7.80. The van der Waals surface area contributed by atoms with Crippen molar-refractivity contribution < 1.29 is 9.53 Å². The Morgan fingerprint density at radius 2 is 2.00 bits per heavy atom. The highest BCUT2D eigenvalue weighted by molar-refractivity contribution is 9.10. The molecule has 3 rings (SSSR count). The van der Waals surface area contributed by atoms with E-state index >= 15 is 0 Å². The summed E-state index contributed by atoms with van der Waals surface area (Å²) in [7, 11) is 0. The van der Waals surface area contributed by atoms with Crippen molar-refractivity contribution in [1.82, 2.24) is 0 Å². The fourth-order valence-electron chi connectivity index (χ4n) is 2.89. The van der Waals surface area contributed by atoms with Crippen LogP contribution >= 0.6 is 31.9 Å². The highest BCUT2D eigenvalue weighted by Crippen LogP contribution is 2.59. The van der Waals surface area contributed by atoms with E-state index in [1.165, 1.54) is 0 Å². The Balaban J connectivity index is 2.06. The van der Waals surface area contributed by atoms with Crippen LogP contribution in [0.25, 0.3) is 0 Å². The Morgan fingerprint density at radius 1 is 1.25 bits per heavy atom. The summed E-state index contributed by atoms with van der Waals surface area (Å²) in [5, 5.41) is 0. The molecule has 66 valence electrons. The molecule has 0 aromatic carbocycles. The Hall–Kier alpha value is 0.430. The van der Waals surface area contributed by atoms with E-state index in [1.54, 1.807) is 0 Å². The highest BCUT2D eigenvalue weighted by Gasteiger charge is 2.65. The van der Waals surface area contributed by atoms with Gasteiger partial charge in [0.1, 0.15) is 6.10 Å². The summed E-state index contributed by atoms with van der Waals surface area (Å²) in [6, 6.07) is 0. The van der Waals surface area contributed by atoms with Gasteiger partial charge in [0.25, 0.3) is 0 Å². The van der Waals surface area contributed by atoms with Crippen molar-refractivity contribution in [1.29, 1.82) is 0 Å². The normalized spacial score (nSPS) is 61.0. The molecule has 1 aliphatic heterocycles. The third-order valence-corrected chi connectivity index (χ3v) is 5.88. The predicted octanol–water partition coefficient (Wildman–Crippen LogP) is 1.70. The molecule has 3 fully saturated rings. The number of hydrogen-bond acceptors (Lipinski definition) is 2. The quantitative estimate of drug-likeness (QED) is 0.502. The number of esters is 1. The number of alkyl halides is 2. The van der Waals surface area contributed by atoms with Crippen molar-refractivity contribution >= 4 is 37.8 Å². The Kier molecular flexibility index (Phi) is 1.47. The number of carbonyl (C=O) groups is 1. The van der Waals surface area contributed by atoms with E-state index in [9.17, 15) is 4.79 Å². The summed E-state index contributed by atoms with van der Waals surface area (Å²) < 4.78 is 5.31. The topological polar surface area (TPSA) is 26.3 Å². The van der Waals surface area contributed by atoms with Crippen LogP contribution < -0.4 is 0 Å². The molecule has 4 heteroatoms. The summed E-state index contributed by atoms with van der Waals surface area (Å²) in [6.07, 6.45) is 1.31. The minimum Gasteiger partial charge on any atom is -0.461 e. The van der Waals surface area contributed by atoms with Gasteiger partial charge in [0.05, 0.1) is 10.7 Å². The molecule has 1 heterocycles. The summed E-state index contributed by atoms with van der Waals surface area (Å²) >= 11 is 7.21. The monoisotopic (exact) mass is 294 g/mol. The summed E-state index contributed by atoms with van der Waals surface area (Å²) in [4.78, 5) is 12.1. The summed E-state index contributed by atoms with van der Waals surface area (Å²) in [6.45, 7) is 0. The van der Waals surface area contributed by atoms with Gasteiger partial charge < -0.3 is 4.74 Å². The van der Waals surface area contributed by atoms with Crippen molar-refractivity contribution in [2.75, 3.05) is 0 Å². The Labute approximate surface area is 87.3 Å². The predicted molar refractivity (Wildman–Crippen MR) is 50.4 cm³/mol. The van der Waals surface area contributed by atoms with Crippen LogP contribution in [-0.4, -0.2) is 21.7 Å². The first-order valence-electron chi connectivity index (χ1n) is 4.19. The first-order chi connectivity index (χ1) is 5.70. The molecule has 0 radical (unpaired) electrons. The number of halogens is 2. The zero-order chi connectivity index (χ0) is 8.46. The molecule has 0 aromatic heterocycles. The maximum absolute atomic E-state index is 11.4. The lowest BCUT2D eigenvalue weighted by Crippen LogP contribution is -2.33. The van der Waals surface area contributed by atoms with E-state index in [-0.39, 0.29) is 18.0 Å². The number of carbonyl (C=O) groups excluding carboxylic acids is 1. The highest BCUT2D eigenvalue weighted by atomic mass is 79.9. The van der Waals surface area contributed by atoms with Crippen molar-refractivity contribution in [2.45, 2.75) is 22.2 Å². The molecule has 2 saturated carbocycles. The molecule has 0 amide bonds. The Bertz CT molecular complexity index is 255. The van der Waals surface area contributed by atoms with E-state index in [0.717, 1.165) is 6.42 Å². The molecule has 1 saturated heterocycles. The number of rotatable bonds is 0. The lowest BCUT2D eigenvalue weighted by atomic mass is 9.90. The fraction of sp³-hybridized carbons (Fsp3) is 0.875. The van der Waals surface area contributed by atoms with Gasteiger partial charge in [0.2, 0.25) is 0 Å². The van der Waals surface area contributed by atoms with Gasteiger partial charge >= 0.3 is 5.97 Å². The van der Waals surface area contributed by atoms with Gasteiger partial charge in [-0.05, 0) is 12.3 Å². The lowest BCUT2D eigenvalue weighted by molar-refractivity contribution is -0.143. The van der Waals surface area contributed by atoms with Gasteiger partial charge in [-0.1, -0.05) is 31.9 Å². The van der Waals surface area contributed by atoms with Crippen LogP contribution in [0.5, 0.6) is 0 Å². The van der Waals surface area contributed by atoms with E-state index < -0.39 is 0 Å². The average Bonchev–Trinajstić information content (AvgIpc) is 2.56. The fourth-order valence-corrected chi connectivity index (χ4v) is 5.49. The largest absolute Gasteiger partial charge is 0.461 e. The maximum atomic E-state index is 11.4. The van der Waals surface area contributed by atoms with Crippen LogP contribution in [0.2, 0.25) is 0 Å². The lowest BCUT2D eigenvalue weighted by Gasteiger charge is -2.23. The molecule has 3 aliphatic rings. The van der Waals surface area contributed by atoms with Crippen LogP contribution in [-0.2, 0) is 9.53 Å². The van der Waals surface area contributed by atoms with Gasteiger partial charge in [-0.25, -0.2) is 0 Å². The van der Waals surface area contributed by atoms with Crippen LogP contribution in [0, 0.1) is 17.8 Å². The standard InChI is InChI=1S/C8H8Br2O2/c9-5-3-1-2-4(5)8(11)12-7(2)6(3)10/h2-7H,1H2/t2-,3+,4-,5-,6+,7+/m1/s1. The number of fused-ring (bicyclic) bond motifs is 1. The minimum atomic E-state index is 0.0105. The molecule has 0 unspecified atom stereocenters. The molecule has 2 bridgehead atoms. The summed E-state index contributed by atoms with van der Waals surface area (Å²) in [5.74, 6) is 1.23.